The first-order valence-corrected chi connectivity index (χ1v) is 6.75. The quantitative estimate of drug-likeness (QED) is 0.790. The van der Waals surface area contributed by atoms with Gasteiger partial charge in [0.05, 0.1) is 13.2 Å². The van der Waals surface area contributed by atoms with Gasteiger partial charge >= 0.3 is 12.2 Å². The monoisotopic (exact) mass is 292 g/mol. The molecule has 1 aromatic carbocycles. The topological polar surface area (TPSA) is 76.7 Å². The van der Waals surface area contributed by atoms with E-state index in [0.717, 1.165) is 5.56 Å². The van der Waals surface area contributed by atoms with Crippen LogP contribution in [0.2, 0.25) is 0 Å². The average molecular weight is 292 g/mol. The Bertz CT molecular complexity index is 454. The van der Waals surface area contributed by atoms with Crippen LogP contribution in [0.5, 0.6) is 0 Å². The molecular formula is C15H20N2O4. The molecule has 0 radical (unpaired) electrons. The SMILES string of the molecule is CCOC(=O)NC(/C=C\c1ccccc1)NC(=O)OCC. The summed E-state index contributed by atoms with van der Waals surface area (Å²) in [6.45, 7) is 3.90. The summed E-state index contributed by atoms with van der Waals surface area (Å²) < 4.78 is 9.58. The number of amides is 2. The fourth-order valence-electron chi connectivity index (χ4n) is 1.50. The van der Waals surface area contributed by atoms with Gasteiger partial charge < -0.3 is 9.47 Å². The second kappa shape index (κ2) is 9.41. The summed E-state index contributed by atoms with van der Waals surface area (Å²) in [5.41, 5.74) is 0.943. The van der Waals surface area contributed by atoms with E-state index < -0.39 is 18.4 Å². The van der Waals surface area contributed by atoms with E-state index in [1.54, 1.807) is 26.0 Å². The Hall–Kier alpha value is -2.50. The van der Waals surface area contributed by atoms with E-state index in [0.29, 0.717) is 0 Å². The molecule has 0 unspecified atom stereocenters. The summed E-state index contributed by atoms with van der Waals surface area (Å²) in [6, 6.07) is 9.51. The molecule has 1 aromatic rings. The second-order valence-electron chi connectivity index (χ2n) is 3.98. The minimum absolute atomic E-state index is 0.250. The second-order valence-corrected chi connectivity index (χ2v) is 3.98. The van der Waals surface area contributed by atoms with Crippen molar-refractivity contribution in [3.63, 3.8) is 0 Å². The van der Waals surface area contributed by atoms with Crippen LogP contribution in [0.3, 0.4) is 0 Å². The van der Waals surface area contributed by atoms with Crippen LogP contribution in [-0.2, 0) is 9.47 Å². The molecule has 0 bridgehead atoms. The first kappa shape index (κ1) is 16.6. The molecule has 0 aliphatic carbocycles. The maximum absolute atomic E-state index is 11.4. The standard InChI is InChI=1S/C15H20N2O4/c1-3-20-14(18)16-13(17-15(19)21-4-2)11-10-12-8-6-5-7-9-12/h5-11,13H,3-4H2,1-2H3,(H,16,18)(H,17,19)/b11-10-. The van der Waals surface area contributed by atoms with Crippen LogP contribution < -0.4 is 10.6 Å². The van der Waals surface area contributed by atoms with Crippen LogP contribution >= 0.6 is 0 Å². The highest BCUT2D eigenvalue weighted by Gasteiger charge is 2.13. The smallest absolute Gasteiger partial charge is 0.408 e. The summed E-state index contributed by atoms with van der Waals surface area (Å²) in [5, 5.41) is 5.04. The van der Waals surface area contributed by atoms with Gasteiger partial charge in [-0.2, -0.15) is 0 Å². The molecule has 0 spiro atoms. The predicted molar refractivity (Wildman–Crippen MR) is 79.6 cm³/mol. The lowest BCUT2D eigenvalue weighted by atomic mass is 10.2. The van der Waals surface area contributed by atoms with Crippen molar-refractivity contribution in [3.05, 3.63) is 42.0 Å². The number of nitrogens with one attached hydrogen (secondary N) is 2. The van der Waals surface area contributed by atoms with Gasteiger partial charge in [0, 0.05) is 0 Å². The lowest BCUT2D eigenvalue weighted by molar-refractivity contribution is 0.139. The normalized spacial score (nSPS) is 10.4. The van der Waals surface area contributed by atoms with Gasteiger partial charge in [-0.05, 0) is 25.5 Å². The maximum Gasteiger partial charge on any atom is 0.408 e. The van der Waals surface area contributed by atoms with E-state index >= 15 is 0 Å². The minimum atomic E-state index is -0.719. The number of rotatable bonds is 6. The minimum Gasteiger partial charge on any atom is -0.450 e. The van der Waals surface area contributed by atoms with Crippen molar-refractivity contribution in [2.24, 2.45) is 0 Å². The summed E-state index contributed by atoms with van der Waals surface area (Å²) in [5.74, 6) is 0. The van der Waals surface area contributed by atoms with E-state index in [4.69, 9.17) is 9.47 Å². The summed E-state index contributed by atoms with van der Waals surface area (Å²) in [4.78, 5) is 22.9. The highest BCUT2D eigenvalue weighted by Crippen LogP contribution is 2.02. The zero-order chi connectivity index (χ0) is 15.5. The van der Waals surface area contributed by atoms with Gasteiger partial charge in [0.15, 0.2) is 0 Å². The third kappa shape index (κ3) is 7.00. The molecule has 0 fully saturated rings. The molecule has 0 aliphatic heterocycles. The molecule has 0 aromatic heterocycles. The molecule has 6 nitrogen and oxygen atoms in total. The van der Waals surface area contributed by atoms with Gasteiger partial charge in [0.25, 0.3) is 0 Å². The summed E-state index contributed by atoms with van der Waals surface area (Å²) >= 11 is 0. The molecule has 6 heteroatoms. The molecule has 0 heterocycles. The number of hydrogen-bond donors (Lipinski definition) is 2. The molecule has 0 aliphatic rings. The first-order chi connectivity index (χ1) is 10.2. The Balaban J connectivity index is 2.68. The Morgan fingerprint density at radius 1 is 1.05 bits per heavy atom. The van der Waals surface area contributed by atoms with Crippen molar-refractivity contribution in [1.82, 2.24) is 10.6 Å². The number of hydrogen-bond acceptors (Lipinski definition) is 4. The Morgan fingerprint density at radius 3 is 2.05 bits per heavy atom. The zero-order valence-electron chi connectivity index (χ0n) is 12.2. The predicted octanol–water partition coefficient (Wildman–Crippen LogP) is 2.52. The fourth-order valence-corrected chi connectivity index (χ4v) is 1.50. The third-order valence-electron chi connectivity index (χ3n) is 2.38. The van der Waals surface area contributed by atoms with Gasteiger partial charge in [-0.3, -0.25) is 10.6 Å². The third-order valence-corrected chi connectivity index (χ3v) is 2.38. The average Bonchev–Trinajstić information content (AvgIpc) is 2.46. The van der Waals surface area contributed by atoms with Crippen molar-refractivity contribution in [3.8, 4) is 0 Å². The molecule has 1 rings (SSSR count). The van der Waals surface area contributed by atoms with Crippen molar-refractivity contribution >= 4 is 18.3 Å². The van der Waals surface area contributed by atoms with Crippen LogP contribution in [0.15, 0.2) is 36.4 Å². The Morgan fingerprint density at radius 2 is 1.57 bits per heavy atom. The highest BCUT2D eigenvalue weighted by atomic mass is 16.6. The van der Waals surface area contributed by atoms with Crippen molar-refractivity contribution in [2.45, 2.75) is 20.0 Å². The van der Waals surface area contributed by atoms with Gasteiger partial charge in [-0.1, -0.05) is 36.4 Å². The zero-order valence-corrected chi connectivity index (χ0v) is 12.2. The lowest BCUT2D eigenvalue weighted by Crippen LogP contribution is -2.47. The highest BCUT2D eigenvalue weighted by molar-refractivity contribution is 5.72. The molecule has 21 heavy (non-hydrogen) atoms. The van der Waals surface area contributed by atoms with Gasteiger partial charge in [0.1, 0.15) is 6.17 Å². The van der Waals surface area contributed by atoms with E-state index in [1.165, 1.54) is 0 Å². The van der Waals surface area contributed by atoms with Crippen LogP contribution in [0.4, 0.5) is 9.59 Å². The molecule has 2 amide bonds. The van der Waals surface area contributed by atoms with E-state index in [-0.39, 0.29) is 13.2 Å². The van der Waals surface area contributed by atoms with Crippen LogP contribution in [0.25, 0.3) is 6.08 Å². The first-order valence-electron chi connectivity index (χ1n) is 6.75. The number of carbonyl (C=O) groups is 2. The van der Waals surface area contributed by atoms with Crippen LogP contribution in [-0.4, -0.2) is 31.6 Å². The molecule has 0 atom stereocenters. The molecule has 0 saturated carbocycles. The van der Waals surface area contributed by atoms with Crippen molar-refractivity contribution in [2.75, 3.05) is 13.2 Å². The molecule has 0 saturated heterocycles. The van der Waals surface area contributed by atoms with Gasteiger partial charge in [-0.15, -0.1) is 0 Å². The van der Waals surface area contributed by atoms with Crippen molar-refractivity contribution < 1.29 is 19.1 Å². The lowest BCUT2D eigenvalue weighted by Gasteiger charge is -2.16. The maximum atomic E-state index is 11.4. The number of benzene rings is 1. The Kier molecular flexibility index (Phi) is 7.42. The molecular weight excluding hydrogens is 272 g/mol. The van der Waals surface area contributed by atoms with Crippen LogP contribution in [0.1, 0.15) is 19.4 Å². The summed E-state index contributed by atoms with van der Waals surface area (Å²) in [7, 11) is 0. The number of alkyl carbamates (subject to hydrolysis) is 2. The largest absolute Gasteiger partial charge is 0.450 e. The van der Waals surface area contributed by atoms with Crippen molar-refractivity contribution in [1.29, 1.82) is 0 Å². The van der Waals surface area contributed by atoms with E-state index in [2.05, 4.69) is 10.6 Å². The van der Waals surface area contributed by atoms with Crippen LogP contribution in [0, 0.1) is 0 Å². The number of ether oxygens (including phenoxy) is 2. The van der Waals surface area contributed by atoms with E-state index in [9.17, 15) is 9.59 Å². The van der Waals surface area contributed by atoms with E-state index in [1.807, 2.05) is 30.3 Å². The molecule has 2 N–H and O–H groups in total. The van der Waals surface area contributed by atoms with Gasteiger partial charge in [0.2, 0.25) is 0 Å². The Labute approximate surface area is 124 Å². The number of carbonyl (C=O) groups excluding carboxylic acids is 2. The summed E-state index contributed by atoms with van der Waals surface area (Å²) in [6.07, 6.45) is 1.48. The fraction of sp³-hybridized carbons (Fsp3) is 0.333. The molecule has 114 valence electrons. The van der Waals surface area contributed by atoms with Gasteiger partial charge in [-0.25, -0.2) is 9.59 Å².